The van der Waals surface area contributed by atoms with Gasteiger partial charge in [-0.15, -0.1) is 0 Å². The molecule has 23 heavy (non-hydrogen) atoms. The quantitative estimate of drug-likeness (QED) is 0.631. The number of hydrogen-bond acceptors (Lipinski definition) is 4. The number of pyridine rings is 1. The zero-order valence-corrected chi connectivity index (χ0v) is 12.4. The SMILES string of the molecule is Nc1ccc(-c2cnc3ccc(Cc4ccccc4)nn23)cn1. The van der Waals surface area contributed by atoms with Gasteiger partial charge in [-0.2, -0.15) is 5.10 Å². The minimum atomic E-state index is 0.500. The first-order chi connectivity index (χ1) is 11.3. The molecule has 0 spiro atoms. The molecule has 3 aromatic heterocycles. The second-order valence-corrected chi connectivity index (χ2v) is 5.37. The highest BCUT2D eigenvalue weighted by atomic mass is 15.3. The molecule has 1 aromatic carbocycles. The van der Waals surface area contributed by atoms with E-state index >= 15 is 0 Å². The van der Waals surface area contributed by atoms with Gasteiger partial charge in [0.15, 0.2) is 5.65 Å². The number of fused-ring (bicyclic) bond motifs is 1. The van der Waals surface area contributed by atoms with Crippen molar-refractivity contribution in [2.45, 2.75) is 6.42 Å². The van der Waals surface area contributed by atoms with E-state index in [2.05, 4.69) is 22.1 Å². The highest BCUT2D eigenvalue weighted by molar-refractivity contribution is 5.63. The number of imidazole rings is 1. The van der Waals surface area contributed by atoms with Crippen molar-refractivity contribution in [2.75, 3.05) is 5.73 Å². The van der Waals surface area contributed by atoms with Crippen LogP contribution in [0.3, 0.4) is 0 Å². The van der Waals surface area contributed by atoms with Gasteiger partial charge in [-0.3, -0.25) is 0 Å². The van der Waals surface area contributed by atoms with Gasteiger partial charge in [0, 0.05) is 18.2 Å². The molecule has 0 fully saturated rings. The molecule has 4 rings (SSSR count). The predicted molar refractivity (Wildman–Crippen MR) is 89.9 cm³/mol. The summed E-state index contributed by atoms with van der Waals surface area (Å²) in [6.07, 6.45) is 4.33. The number of hydrogen-bond donors (Lipinski definition) is 1. The van der Waals surface area contributed by atoms with E-state index in [1.807, 2.05) is 47.1 Å². The molecular weight excluding hydrogens is 286 g/mol. The monoisotopic (exact) mass is 301 g/mol. The highest BCUT2D eigenvalue weighted by Crippen LogP contribution is 2.20. The van der Waals surface area contributed by atoms with Gasteiger partial charge >= 0.3 is 0 Å². The maximum atomic E-state index is 5.65. The molecule has 5 heteroatoms. The van der Waals surface area contributed by atoms with Gasteiger partial charge in [0.25, 0.3) is 0 Å². The van der Waals surface area contributed by atoms with Gasteiger partial charge < -0.3 is 5.73 Å². The molecule has 0 saturated carbocycles. The van der Waals surface area contributed by atoms with Gasteiger partial charge in [-0.05, 0) is 29.8 Å². The number of anilines is 1. The van der Waals surface area contributed by atoms with E-state index in [1.54, 1.807) is 12.3 Å². The van der Waals surface area contributed by atoms with E-state index in [9.17, 15) is 0 Å². The first kappa shape index (κ1) is 13.5. The Labute approximate surface area is 133 Å². The van der Waals surface area contributed by atoms with Crippen LogP contribution in [0.1, 0.15) is 11.3 Å². The van der Waals surface area contributed by atoms with Crippen LogP contribution < -0.4 is 5.73 Å². The lowest BCUT2D eigenvalue weighted by molar-refractivity contribution is 0.878. The van der Waals surface area contributed by atoms with Gasteiger partial charge in [-0.25, -0.2) is 14.5 Å². The summed E-state index contributed by atoms with van der Waals surface area (Å²) in [6, 6.07) is 18.0. The normalized spacial score (nSPS) is 11.0. The molecule has 0 saturated heterocycles. The van der Waals surface area contributed by atoms with Gasteiger partial charge in [-0.1, -0.05) is 30.3 Å². The topological polar surface area (TPSA) is 69.1 Å². The van der Waals surface area contributed by atoms with Crippen LogP contribution in [-0.2, 0) is 6.42 Å². The molecule has 112 valence electrons. The molecule has 0 aliphatic carbocycles. The summed E-state index contributed by atoms with van der Waals surface area (Å²) >= 11 is 0. The van der Waals surface area contributed by atoms with Crippen molar-refractivity contribution in [3.8, 4) is 11.3 Å². The third-order valence-electron chi connectivity index (χ3n) is 3.73. The molecule has 0 amide bonds. The summed E-state index contributed by atoms with van der Waals surface area (Å²) in [7, 11) is 0. The van der Waals surface area contributed by atoms with Crippen molar-refractivity contribution in [1.29, 1.82) is 0 Å². The van der Waals surface area contributed by atoms with Crippen LogP contribution >= 0.6 is 0 Å². The molecule has 3 heterocycles. The van der Waals surface area contributed by atoms with E-state index in [4.69, 9.17) is 10.8 Å². The molecule has 0 aliphatic heterocycles. The number of nitrogen functional groups attached to an aromatic ring is 1. The fraction of sp³-hybridized carbons (Fsp3) is 0.0556. The Hall–Kier alpha value is -3.21. The summed E-state index contributed by atoms with van der Waals surface area (Å²) in [5.41, 5.74) is 10.5. The minimum absolute atomic E-state index is 0.500. The molecule has 0 bridgehead atoms. The Balaban J connectivity index is 1.75. The van der Waals surface area contributed by atoms with E-state index in [0.29, 0.717) is 5.82 Å². The lowest BCUT2D eigenvalue weighted by Gasteiger charge is -2.05. The Kier molecular flexibility index (Phi) is 3.24. The van der Waals surface area contributed by atoms with E-state index in [1.165, 1.54) is 5.56 Å². The second kappa shape index (κ2) is 5.53. The Morgan fingerprint density at radius 3 is 2.52 bits per heavy atom. The van der Waals surface area contributed by atoms with Crippen LogP contribution in [0.4, 0.5) is 5.82 Å². The summed E-state index contributed by atoms with van der Waals surface area (Å²) in [5, 5.41) is 4.72. The van der Waals surface area contributed by atoms with Crippen LogP contribution in [0.5, 0.6) is 0 Å². The van der Waals surface area contributed by atoms with E-state index < -0.39 is 0 Å². The average Bonchev–Trinajstić information content (AvgIpc) is 3.00. The van der Waals surface area contributed by atoms with Crippen LogP contribution in [0, 0.1) is 0 Å². The van der Waals surface area contributed by atoms with Crippen LogP contribution in [0.15, 0.2) is 67.0 Å². The number of aromatic nitrogens is 4. The second-order valence-electron chi connectivity index (χ2n) is 5.37. The van der Waals surface area contributed by atoms with Crippen molar-refractivity contribution in [1.82, 2.24) is 19.6 Å². The van der Waals surface area contributed by atoms with Crippen LogP contribution in [0.2, 0.25) is 0 Å². The molecule has 0 aliphatic rings. The average molecular weight is 301 g/mol. The number of nitrogens with two attached hydrogens (primary N) is 1. The largest absolute Gasteiger partial charge is 0.384 e. The maximum Gasteiger partial charge on any atom is 0.154 e. The smallest absolute Gasteiger partial charge is 0.154 e. The minimum Gasteiger partial charge on any atom is -0.384 e. The van der Waals surface area contributed by atoms with Crippen molar-refractivity contribution >= 4 is 11.5 Å². The lowest BCUT2D eigenvalue weighted by atomic mass is 10.1. The summed E-state index contributed by atoms with van der Waals surface area (Å²) in [5.74, 6) is 0.500. The third-order valence-corrected chi connectivity index (χ3v) is 3.73. The van der Waals surface area contributed by atoms with E-state index in [-0.39, 0.29) is 0 Å². The number of nitrogens with zero attached hydrogens (tertiary/aromatic N) is 4. The Bertz CT molecular complexity index is 942. The van der Waals surface area contributed by atoms with Crippen molar-refractivity contribution in [3.63, 3.8) is 0 Å². The molecule has 0 atom stereocenters. The Morgan fingerprint density at radius 2 is 1.74 bits per heavy atom. The third kappa shape index (κ3) is 2.64. The summed E-state index contributed by atoms with van der Waals surface area (Å²) < 4.78 is 1.85. The molecule has 0 radical (unpaired) electrons. The summed E-state index contributed by atoms with van der Waals surface area (Å²) in [6.45, 7) is 0. The van der Waals surface area contributed by atoms with Crippen molar-refractivity contribution in [2.24, 2.45) is 0 Å². The van der Waals surface area contributed by atoms with Crippen molar-refractivity contribution < 1.29 is 0 Å². The first-order valence-corrected chi connectivity index (χ1v) is 7.39. The van der Waals surface area contributed by atoms with Crippen LogP contribution in [0.25, 0.3) is 16.9 Å². The van der Waals surface area contributed by atoms with Gasteiger partial charge in [0.2, 0.25) is 0 Å². The number of benzene rings is 1. The van der Waals surface area contributed by atoms with Crippen molar-refractivity contribution in [3.05, 3.63) is 78.2 Å². The zero-order valence-electron chi connectivity index (χ0n) is 12.4. The molecule has 4 aromatic rings. The predicted octanol–water partition coefficient (Wildman–Crippen LogP) is 2.96. The maximum absolute atomic E-state index is 5.65. The highest BCUT2D eigenvalue weighted by Gasteiger charge is 2.08. The lowest BCUT2D eigenvalue weighted by Crippen LogP contribution is -2.00. The zero-order chi connectivity index (χ0) is 15.6. The molecule has 5 nitrogen and oxygen atoms in total. The molecule has 2 N–H and O–H groups in total. The summed E-state index contributed by atoms with van der Waals surface area (Å²) in [4.78, 5) is 8.55. The fourth-order valence-electron chi connectivity index (χ4n) is 2.56. The van der Waals surface area contributed by atoms with Gasteiger partial charge in [0.05, 0.1) is 17.6 Å². The van der Waals surface area contributed by atoms with E-state index in [0.717, 1.165) is 29.0 Å². The molecular formula is C18H15N5. The van der Waals surface area contributed by atoms with Gasteiger partial charge in [0.1, 0.15) is 5.82 Å². The molecule has 0 unspecified atom stereocenters. The Morgan fingerprint density at radius 1 is 0.870 bits per heavy atom. The standard InChI is InChI=1S/C18H15N5/c19-17-8-6-14(11-20-17)16-12-21-18-9-7-15(22-23(16)18)10-13-4-2-1-3-5-13/h1-9,11-12H,10H2,(H2,19,20). The first-order valence-electron chi connectivity index (χ1n) is 7.39. The van der Waals surface area contributed by atoms with Crippen LogP contribution in [-0.4, -0.2) is 19.6 Å². The fourth-order valence-corrected chi connectivity index (χ4v) is 2.56. The number of rotatable bonds is 3.